The number of rotatable bonds is 1. The summed E-state index contributed by atoms with van der Waals surface area (Å²) in [5.74, 6) is 0. The summed E-state index contributed by atoms with van der Waals surface area (Å²) >= 11 is 8.88. The van der Waals surface area contributed by atoms with E-state index in [9.17, 15) is 0 Å². The van der Waals surface area contributed by atoms with Gasteiger partial charge in [0.2, 0.25) is 0 Å². The molecule has 0 N–H and O–H groups in total. The Morgan fingerprint density at radius 1 is 1.33 bits per heavy atom. The van der Waals surface area contributed by atoms with Crippen molar-refractivity contribution in [3.05, 3.63) is 0 Å². The molecule has 0 amide bonds. The van der Waals surface area contributed by atoms with E-state index in [4.69, 9.17) is 0 Å². The molecule has 0 rings (SSSR count). The van der Waals surface area contributed by atoms with Crippen LogP contribution < -0.4 is 0 Å². The molecule has 4 heteroatoms. The van der Waals surface area contributed by atoms with Crippen LogP contribution >= 0.6 is 38.3 Å². The van der Waals surface area contributed by atoms with E-state index in [1.54, 1.807) is 0 Å². The third kappa shape index (κ3) is 6.23. The first-order chi connectivity index (χ1) is 2.56. The molecule has 0 atom stereocenters. The SMILES string of the molecule is CC[Te](Br)(Br)Br. The quantitative estimate of drug-likeness (QED) is 0.598. The van der Waals surface area contributed by atoms with Crippen LogP contribution in [-0.4, -0.2) is 11.6 Å². The van der Waals surface area contributed by atoms with Crippen LogP contribution in [0.4, 0.5) is 0 Å². The number of halogens is 3. The Labute approximate surface area is 60.2 Å². The molecule has 0 radical (unpaired) electrons. The van der Waals surface area contributed by atoms with Crippen LogP contribution in [0.5, 0.6) is 0 Å². The molecule has 0 fully saturated rings. The molecule has 0 unspecified atom stereocenters. The first-order valence-electron chi connectivity index (χ1n) is 1.46. The van der Waals surface area contributed by atoms with Gasteiger partial charge in [-0.3, -0.25) is 0 Å². The van der Waals surface area contributed by atoms with Crippen molar-refractivity contribution in [2.75, 3.05) is 0 Å². The molecule has 0 aromatic rings. The molecule has 0 aliphatic rings. The van der Waals surface area contributed by atoms with Gasteiger partial charge in [0.1, 0.15) is 0 Å². The van der Waals surface area contributed by atoms with Gasteiger partial charge >= 0.3 is 61.2 Å². The zero-order chi connectivity index (χ0) is 5.21. The van der Waals surface area contributed by atoms with Crippen LogP contribution in [0.2, 0.25) is 4.47 Å². The molecule has 0 saturated carbocycles. The average molecular weight is 396 g/mol. The van der Waals surface area contributed by atoms with Crippen molar-refractivity contribution >= 4 is 49.8 Å². The van der Waals surface area contributed by atoms with Gasteiger partial charge in [-0.1, -0.05) is 0 Å². The van der Waals surface area contributed by atoms with Gasteiger partial charge in [-0.2, -0.15) is 0 Å². The molecule has 6 heavy (non-hydrogen) atoms. The normalized spacial score (nSPS) is 14.7. The molecule has 0 aromatic carbocycles. The van der Waals surface area contributed by atoms with E-state index in [2.05, 4.69) is 45.2 Å². The second-order valence-electron chi connectivity index (χ2n) is 0.791. The summed E-state index contributed by atoms with van der Waals surface area (Å²) in [5.41, 5.74) is 0. The molecule has 0 saturated heterocycles. The van der Waals surface area contributed by atoms with Gasteiger partial charge < -0.3 is 0 Å². The predicted molar refractivity (Wildman–Crippen MR) is 43.0 cm³/mol. The molecule has 0 aromatic heterocycles. The Bertz CT molecular complexity index is 38.5. The fraction of sp³-hybridized carbons (Fsp3) is 1.00. The third-order valence-electron chi connectivity index (χ3n) is 0.327. The Balaban J connectivity index is 3.17. The van der Waals surface area contributed by atoms with Gasteiger partial charge in [-0.25, -0.2) is 0 Å². The first kappa shape index (κ1) is 8.23. The Hall–Kier alpha value is 2.23. The molecule has 0 aliphatic heterocycles. The summed E-state index contributed by atoms with van der Waals surface area (Å²) in [4.78, 5) is 0. The molecule has 0 nitrogen and oxygen atoms in total. The topological polar surface area (TPSA) is 0 Å². The Morgan fingerprint density at radius 2 is 1.50 bits per heavy atom. The minimum atomic E-state index is -1.63. The predicted octanol–water partition coefficient (Wildman–Crippen LogP) is 3.13. The van der Waals surface area contributed by atoms with Crippen LogP contribution in [-0.2, 0) is 0 Å². The van der Waals surface area contributed by atoms with Crippen molar-refractivity contribution in [3.8, 4) is 0 Å². The summed E-state index contributed by atoms with van der Waals surface area (Å²) in [6.45, 7) is 2.15. The van der Waals surface area contributed by atoms with Crippen molar-refractivity contribution in [2.45, 2.75) is 11.4 Å². The molecule has 0 bridgehead atoms. The van der Waals surface area contributed by atoms with Crippen LogP contribution in [0.15, 0.2) is 0 Å². The second-order valence-corrected chi connectivity index (χ2v) is 45.0. The summed E-state index contributed by atoms with van der Waals surface area (Å²) < 4.78 is 1.21. The van der Waals surface area contributed by atoms with Crippen molar-refractivity contribution in [2.24, 2.45) is 0 Å². The van der Waals surface area contributed by atoms with Crippen LogP contribution in [0.1, 0.15) is 6.92 Å². The molecular weight excluding hydrogens is 391 g/mol. The molecule has 0 spiro atoms. The Morgan fingerprint density at radius 3 is 1.50 bits per heavy atom. The second kappa shape index (κ2) is 3.29. The maximum atomic E-state index is 3.50. The van der Waals surface area contributed by atoms with Gasteiger partial charge in [0, 0.05) is 0 Å². The zero-order valence-corrected chi connectivity index (χ0v) is 10.3. The van der Waals surface area contributed by atoms with Gasteiger partial charge in [0.15, 0.2) is 0 Å². The number of hydrogen-bond acceptors (Lipinski definition) is 0. The van der Waals surface area contributed by atoms with Crippen LogP contribution in [0.3, 0.4) is 0 Å². The molecule has 0 heterocycles. The van der Waals surface area contributed by atoms with Crippen LogP contribution in [0, 0.1) is 0 Å². The van der Waals surface area contributed by atoms with E-state index in [1.165, 1.54) is 4.47 Å². The standard InChI is InChI=1S/C2H5Br3Te/c1-2-6(3,4)5/h2H2,1H3. The summed E-state index contributed by atoms with van der Waals surface area (Å²) in [5, 5.41) is 0. The van der Waals surface area contributed by atoms with E-state index < -0.39 is 11.6 Å². The van der Waals surface area contributed by atoms with E-state index in [1.807, 2.05) is 0 Å². The van der Waals surface area contributed by atoms with E-state index in [0.29, 0.717) is 0 Å². The first-order valence-corrected chi connectivity index (χ1v) is 18.8. The van der Waals surface area contributed by atoms with Crippen molar-refractivity contribution < 1.29 is 0 Å². The fourth-order valence-electron chi connectivity index (χ4n) is 0. The van der Waals surface area contributed by atoms with E-state index in [0.717, 1.165) is 0 Å². The zero-order valence-electron chi connectivity index (χ0n) is 3.25. The molecule has 40 valence electrons. The molecular formula is C2H5Br3Te. The van der Waals surface area contributed by atoms with Gasteiger partial charge in [0.05, 0.1) is 0 Å². The minimum absolute atomic E-state index is 1.21. The monoisotopic (exact) mass is 396 g/mol. The summed E-state index contributed by atoms with van der Waals surface area (Å²) in [7, 11) is 0. The van der Waals surface area contributed by atoms with Gasteiger partial charge in [-0.05, 0) is 0 Å². The van der Waals surface area contributed by atoms with E-state index >= 15 is 0 Å². The average Bonchev–Trinajstić information content (AvgIpc) is 1.35. The molecule has 0 aliphatic carbocycles. The van der Waals surface area contributed by atoms with Crippen molar-refractivity contribution in [3.63, 3.8) is 0 Å². The Kier molecular flexibility index (Phi) is 4.52. The van der Waals surface area contributed by atoms with Gasteiger partial charge in [-0.15, -0.1) is 0 Å². The fourth-order valence-corrected chi connectivity index (χ4v) is 0. The van der Waals surface area contributed by atoms with E-state index in [-0.39, 0.29) is 0 Å². The summed E-state index contributed by atoms with van der Waals surface area (Å²) in [6, 6.07) is 0. The van der Waals surface area contributed by atoms with Gasteiger partial charge in [0.25, 0.3) is 0 Å². The number of hydrogen-bond donors (Lipinski definition) is 0. The van der Waals surface area contributed by atoms with Crippen LogP contribution in [0.25, 0.3) is 0 Å². The summed E-state index contributed by atoms with van der Waals surface area (Å²) in [6.07, 6.45) is 0. The van der Waals surface area contributed by atoms with Crippen molar-refractivity contribution in [1.29, 1.82) is 0 Å². The van der Waals surface area contributed by atoms with Crippen molar-refractivity contribution in [1.82, 2.24) is 0 Å². The third-order valence-corrected chi connectivity index (χ3v) is 11.4. The maximum absolute atomic E-state index is 3.50.